The van der Waals surface area contributed by atoms with E-state index < -0.39 is 0 Å². The molecule has 3 aromatic rings. The van der Waals surface area contributed by atoms with Crippen molar-refractivity contribution < 1.29 is 9.84 Å². The monoisotopic (exact) mass is 344 g/mol. The molecular weight excluding hydrogens is 324 g/mol. The van der Waals surface area contributed by atoms with Crippen molar-refractivity contribution in [1.29, 1.82) is 0 Å². The van der Waals surface area contributed by atoms with E-state index in [9.17, 15) is 5.11 Å². The minimum absolute atomic E-state index is 0.0344. The van der Waals surface area contributed by atoms with E-state index in [0.29, 0.717) is 0 Å². The Balaban J connectivity index is 1.74. The molecular formula is C22H20N2O2. The highest BCUT2D eigenvalue weighted by molar-refractivity contribution is 6.06. The van der Waals surface area contributed by atoms with Gasteiger partial charge in [0, 0.05) is 0 Å². The van der Waals surface area contributed by atoms with Gasteiger partial charge in [0.2, 0.25) is 0 Å². The second-order valence-corrected chi connectivity index (χ2v) is 6.31. The Morgan fingerprint density at radius 1 is 0.846 bits per heavy atom. The normalized spacial score (nSPS) is 18.9. The molecule has 2 unspecified atom stereocenters. The Bertz CT molecular complexity index is 903. The van der Waals surface area contributed by atoms with Crippen LogP contribution >= 0.6 is 0 Å². The molecule has 0 spiro atoms. The van der Waals surface area contributed by atoms with Crippen LogP contribution in [0.4, 0.5) is 0 Å². The second-order valence-electron chi connectivity index (χ2n) is 6.31. The number of phenolic OH excluding ortho intramolecular Hbond substituents is 1. The Kier molecular flexibility index (Phi) is 4.32. The Labute approximate surface area is 152 Å². The lowest BCUT2D eigenvalue weighted by Gasteiger charge is -2.22. The van der Waals surface area contributed by atoms with Crippen molar-refractivity contribution in [2.75, 3.05) is 7.11 Å². The van der Waals surface area contributed by atoms with Crippen LogP contribution in [0.1, 0.15) is 28.7 Å². The van der Waals surface area contributed by atoms with Crippen LogP contribution in [0.2, 0.25) is 0 Å². The van der Waals surface area contributed by atoms with Crippen molar-refractivity contribution in [1.82, 2.24) is 5.43 Å². The zero-order valence-electron chi connectivity index (χ0n) is 14.5. The van der Waals surface area contributed by atoms with Gasteiger partial charge in [-0.25, -0.2) is 0 Å². The van der Waals surface area contributed by atoms with E-state index in [1.54, 1.807) is 19.2 Å². The molecule has 2 atom stereocenters. The maximum atomic E-state index is 9.59. The number of hydrazone groups is 1. The average molecular weight is 344 g/mol. The summed E-state index contributed by atoms with van der Waals surface area (Å²) in [5.41, 5.74) is 7.63. The molecule has 4 nitrogen and oxygen atoms in total. The number of phenols is 1. The molecule has 1 heterocycles. The van der Waals surface area contributed by atoms with Crippen molar-refractivity contribution >= 4 is 5.71 Å². The first-order valence-electron chi connectivity index (χ1n) is 8.57. The number of nitrogens with one attached hydrogen (secondary N) is 1. The summed E-state index contributed by atoms with van der Waals surface area (Å²) < 4.78 is 5.27. The molecule has 26 heavy (non-hydrogen) atoms. The molecule has 1 aliphatic rings. The smallest absolute Gasteiger partial charge is 0.118 e. The zero-order valence-corrected chi connectivity index (χ0v) is 14.5. The highest BCUT2D eigenvalue weighted by atomic mass is 16.5. The Morgan fingerprint density at radius 3 is 2.19 bits per heavy atom. The van der Waals surface area contributed by atoms with Crippen LogP contribution in [-0.2, 0) is 0 Å². The van der Waals surface area contributed by atoms with Crippen LogP contribution in [-0.4, -0.2) is 17.9 Å². The van der Waals surface area contributed by atoms with Gasteiger partial charge in [-0.05, 0) is 53.1 Å². The molecule has 0 saturated carbocycles. The molecule has 0 aliphatic carbocycles. The Hall–Kier alpha value is -3.27. The molecule has 0 radical (unpaired) electrons. The lowest BCUT2D eigenvalue weighted by molar-refractivity contribution is 0.414. The van der Waals surface area contributed by atoms with E-state index >= 15 is 0 Å². The molecule has 1 aliphatic heterocycles. The number of ether oxygens (including phenoxy) is 1. The number of rotatable bonds is 4. The first kappa shape index (κ1) is 16.2. The first-order valence-corrected chi connectivity index (χ1v) is 8.57. The summed E-state index contributed by atoms with van der Waals surface area (Å²) in [6.07, 6.45) is 0. The number of hydrogen-bond acceptors (Lipinski definition) is 4. The standard InChI is InChI=1S/C22H20N2O2/c1-26-19-13-9-17(10-14-19)22-20(15-5-3-2-4-6-15)21(23-24-22)16-7-11-18(25)12-8-16/h2-14,20,22,24-25H,1H3. The average Bonchev–Trinajstić information content (AvgIpc) is 3.14. The topological polar surface area (TPSA) is 53.8 Å². The molecule has 2 N–H and O–H groups in total. The molecule has 0 amide bonds. The van der Waals surface area contributed by atoms with Crippen molar-refractivity contribution in [2.45, 2.75) is 12.0 Å². The van der Waals surface area contributed by atoms with Crippen LogP contribution in [0.25, 0.3) is 0 Å². The third-order valence-electron chi connectivity index (χ3n) is 4.75. The molecule has 3 aromatic carbocycles. The predicted molar refractivity (Wildman–Crippen MR) is 103 cm³/mol. The SMILES string of the molecule is COc1ccc(C2NN=C(c3ccc(O)cc3)C2c2ccccc2)cc1. The van der Waals surface area contributed by atoms with E-state index in [-0.39, 0.29) is 17.7 Å². The van der Waals surface area contributed by atoms with Crippen molar-refractivity contribution in [3.8, 4) is 11.5 Å². The van der Waals surface area contributed by atoms with E-state index in [1.807, 2.05) is 42.5 Å². The van der Waals surface area contributed by atoms with Gasteiger partial charge >= 0.3 is 0 Å². The van der Waals surface area contributed by atoms with E-state index in [0.717, 1.165) is 22.6 Å². The van der Waals surface area contributed by atoms with Gasteiger partial charge in [-0.3, -0.25) is 0 Å². The van der Waals surface area contributed by atoms with Crippen LogP contribution in [0.3, 0.4) is 0 Å². The lowest BCUT2D eigenvalue weighted by atomic mass is 9.82. The number of hydrogen-bond donors (Lipinski definition) is 2. The fourth-order valence-electron chi connectivity index (χ4n) is 3.41. The van der Waals surface area contributed by atoms with Crippen LogP contribution < -0.4 is 10.2 Å². The fourth-order valence-corrected chi connectivity index (χ4v) is 3.41. The summed E-state index contributed by atoms with van der Waals surface area (Å²) in [4.78, 5) is 0. The van der Waals surface area contributed by atoms with Crippen LogP contribution in [0, 0.1) is 0 Å². The molecule has 4 heteroatoms. The maximum absolute atomic E-state index is 9.59. The van der Waals surface area contributed by atoms with Crippen molar-refractivity contribution in [3.05, 3.63) is 95.6 Å². The summed E-state index contributed by atoms with van der Waals surface area (Å²) in [6, 6.07) is 25.7. The first-order chi connectivity index (χ1) is 12.8. The largest absolute Gasteiger partial charge is 0.508 e. The van der Waals surface area contributed by atoms with Gasteiger partial charge in [0.05, 0.1) is 24.8 Å². The van der Waals surface area contributed by atoms with E-state index in [2.05, 4.69) is 34.8 Å². The van der Waals surface area contributed by atoms with Crippen LogP contribution in [0.15, 0.2) is 84.0 Å². The maximum Gasteiger partial charge on any atom is 0.118 e. The summed E-state index contributed by atoms with van der Waals surface area (Å²) in [7, 11) is 1.67. The minimum atomic E-state index is 0.0344. The fraction of sp³-hybridized carbons (Fsp3) is 0.136. The van der Waals surface area contributed by atoms with E-state index in [1.165, 1.54) is 5.56 Å². The zero-order chi connectivity index (χ0) is 17.9. The number of benzene rings is 3. The number of nitrogens with zero attached hydrogens (tertiary/aromatic N) is 1. The predicted octanol–water partition coefficient (Wildman–Crippen LogP) is 4.23. The molecule has 130 valence electrons. The third-order valence-corrected chi connectivity index (χ3v) is 4.75. The van der Waals surface area contributed by atoms with Gasteiger partial charge in [-0.15, -0.1) is 0 Å². The summed E-state index contributed by atoms with van der Waals surface area (Å²) in [5, 5.41) is 14.2. The van der Waals surface area contributed by atoms with Gasteiger partial charge in [0.25, 0.3) is 0 Å². The summed E-state index contributed by atoms with van der Waals surface area (Å²) in [5.74, 6) is 1.17. The van der Waals surface area contributed by atoms with Gasteiger partial charge in [0.1, 0.15) is 11.5 Å². The molecule has 0 saturated heterocycles. The van der Waals surface area contributed by atoms with Crippen molar-refractivity contribution in [2.24, 2.45) is 5.10 Å². The Morgan fingerprint density at radius 2 is 1.54 bits per heavy atom. The molecule has 0 bridgehead atoms. The lowest BCUT2D eigenvalue weighted by Crippen LogP contribution is -2.20. The summed E-state index contributed by atoms with van der Waals surface area (Å²) >= 11 is 0. The van der Waals surface area contributed by atoms with Gasteiger partial charge in [-0.2, -0.15) is 5.10 Å². The highest BCUT2D eigenvalue weighted by Crippen LogP contribution is 2.38. The molecule has 4 rings (SSSR count). The number of aromatic hydroxyl groups is 1. The van der Waals surface area contributed by atoms with Gasteiger partial charge in [-0.1, -0.05) is 42.5 Å². The van der Waals surface area contributed by atoms with E-state index in [4.69, 9.17) is 4.74 Å². The highest BCUT2D eigenvalue weighted by Gasteiger charge is 2.34. The third kappa shape index (κ3) is 3.02. The summed E-state index contributed by atoms with van der Waals surface area (Å²) in [6.45, 7) is 0. The quantitative estimate of drug-likeness (QED) is 0.744. The molecule has 0 aromatic heterocycles. The van der Waals surface area contributed by atoms with Gasteiger partial charge < -0.3 is 15.3 Å². The second kappa shape index (κ2) is 6.92. The number of methoxy groups -OCH3 is 1. The van der Waals surface area contributed by atoms with Crippen LogP contribution in [0.5, 0.6) is 11.5 Å². The minimum Gasteiger partial charge on any atom is -0.508 e. The molecule has 0 fully saturated rings. The van der Waals surface area contributed by atoms with Gasteiger partial charge in [0.15, 0.2) is 0 Å². The van der Waals surface area contributed by atoms with Crippen molar-refractivity contribution in [3.63, 3.8) is 0 Å².